The lowest BCUT2D eigenvalue weighted by Crippen LogP contribution is -2.52. The second kappa shape index (κ2) is 7.27. The maximum absolute atomic E-state index is 12.6. The van der Waals surface area contributed by atoms with E-state index in [0.717, 1.165) is 37.0 Å². The van der Waals surface area contributed by atoms with Crippen LogP contribution in [-0.2, 0) is 14.3 Å². The van der Waals surface area contributed by atoms with E-state index in [2.05, 4.69) is 4.98 Å². The molecule has 26 heavy (non-hydrogen) atoms. The number of carbonyl (C=O) groups is 2. The van der Waals surface area contributed by atoms with Crippen LogP contribution in [-0.4, -0.2) is 40.0 Å². The standard InChI is InChI=1S/C17H21N3O6/c1-10(17(22)26-12-6-4-3-5-7-12)19-15-13(25-11(2)16(19)21)8-9-14(18-15)20(23)24/h8-12H,3-7H2,1-2H3. The summed E-state index contributed by atoms with van der Waals surface area (Å²) in [6, 6.07) is 1.63. The van der Waals surface area contributed by atoms with Crippen molar-refractivity contribution in [3.63, 3.8) is 0 Å². The number of esters is 1. The molecule has 2 atom stereocenters. The topological polar surface area (TPSA) is 112 Å². The van der Waals surface area contributed by atoms with Gasteiger partial charge in [-0.25, -0.2) is 4.79 Å². The maximum atomic E-state index is 12.6. The Morgan fingerprint density at radius 3 is 2.73 bits per heavy atom. The Kier molecular flexibility index (Phi) is 5.06. The van der Waals surface area contributed by atoms with E-state index in [1.165, 1.54) is 19.1 Å². The summed E-state index contributed by atoms with van der Waals surface area (Å²) in [7, 11) is 0. The minimum absolute atomic E-state index is 0.0320. The number of fused-ring (bicyclic) bond motifs is 1. The van der Waals surface area contributed by atoms with Crippen molar-refractivity contribution in [3.05, 3.63) is 22.2 Å². The van der Waals surface area contributed by atoms with E-state index >= 15 is 0 Å². The van der Waals surface area contributed by atoms with Gasteiger partial charge in [0.05, 0.1) is 0 Å². The maximum Gasteiger partial charge on any atom is 0.366 e. The van der Waals surface area contributed by atoms with E-state index in [0.29, 0.717) is 0 Å². The van der Waals surface area contributed by atoms with Crippen molar-refractivity contribution in [1.82, 2.24) is 4.98 Å². The first kappa shape index (κ1) is 18.1. The highest BCUT2D eigenvalue weighted by molar-refractivity contribution is 6.03. The predicted molar refractivity (Wildman–Crippen MR) is 90.9 cm³/mol. The highest BCUT2D eigenvalue weighted by Gasteiger charge is 2.42. The molecule has 2 heterocycles. The van der Waals surface area contributed by atoms with Crippen molar-refractivity contribution in [2.45, 2.75) is 64.2 Å². The van der Waals surface area contributed by atoms with Crippen molar-refractivity contribution >= 4 is 23.5 Å². The summed E-state index contributed by atoms with van der Waals surface area (Å²) in [6.07, 6.45) is 3.80. The number of anilines is 1. The predicted octanol–water partition coefficient (Wildman–Crippen LogP) is 2.37. The molecule has 140 valence electrons. The lowest BCUT2D eigenvalue weighted by molar-refractivity contribution is -0.389. The van der Waals surface area contributed by atoms with Gasteiger partial charge in [0.2, 0.25) is 0 Å². The molecule has 1 amide bonds. The lowest BCUT2D eigenvalue weighted by Gasteiger charge is -2.33. The quantitative estimate of drug-likeness (QED) is 0.458. The third-order valence-electron chi connectivity index (χ3n) is 4.69. The zero-order chi connectivity index (χ0) is 18.8. The fourth-order valence-electron chi connectivity index (χ4n) is 3.26. The first-order chi connectivity index (χ1) is 12.4. The minimum atomic E-state index is -0.955. The van der Waals surface area contributed by atoms with Crippen LogP contribution in [0.2, 0.25) is 0 Å². The van der Waals surface area contributed by atoms with Crippen LogP contribution in [0.3, 0.4) is 0 Å². The fourth-order valence-corrected chi connectivity index (χ4v) is 3.26. The number of carbonyl (C=O) groups excluding carboxylic acids is 2. The Balaban J connectivity index is 1.87. The van der Waals surface area contributed by atoms with Crippen molar-refractivity contribution in [3.8, 4) is 5.75 Å². The van der Waals surface area contributed by atoms with E-state index in [1.807, 2.05) is 0 Å². The average molecular weight is 363 g/mol. The van der Waals surface area contributed by atoms with E-state index in [4.69, 9.17) is 9.47 Å². The molecule has 1 aliphatic carbocycles. The Bertz CT molecular complexity index is 731. The number of hydrogen-bond acceptors (Lipinski definition) is 7. The zero-order valence-corrected chi connectivity index (χ0v) is 14.7. The summed E-state index contributed by atoms with van der Waals surface area (Å²) in [6.45, 7) is 3.09. The van der Waals surface area contributed by atoms with Crippen molar-refractivity contribution in [1.29, 1.82) is 0 Å². The summed E-state index contributed by atoms with van der Waals surface area (Å²) in [5, 5.41) is 11.0. The molecule has 1 saturated carbocycles. The van der Waals surface area contributed by atoms with Crippen LogP contribution < -0.4 is 9.64 Å². The average Bonchev–Trinajstić information content (AvgIpc) is 2.62. The number of nitro groups is 1. The molecule has 0 N–H and O–H groups in total. The molecule has 0 saturated heterocycles. The summed E-state index contributed by atoms with van der Waals surface area (Å²) in [5.74, 6) is -1.26. The van der Waals surface area contributed by atoms with Gasteiger partial charge in [-0.15, -0.1) is 0 Å². The minimum Gasteiger partial charge on any atom is -0.475 e. The van der Waals surface area contributed by atoms with E-state index in [-0.39, 0.29) is 17.7 Å². The van der Waals surface area contributed by atoms with Crippen LogP contribution in [0.5, 0.6) is 5.75 Å². The first-order valence-corrected chi connectivity index (χ1v) is 8.74. The SMILES string of the molecule is CC1Oc2ccc([N+](=O)[O-])nc2N(C(C)C(=O)OC2CCCCC2)C1=O. The molecule has 1 aliphatic heterocycles. The third kappa shape index (κ3) is 3.47. The molecule has 3 rings (SSSR count). The number of amides is 1. The molecule has 9 heteroatoms. The molecule has 1 aromatic rings. The largest absolute Gasteiger partial charge is 0.475 e. The van der Waals surface area contributed by atoms with Gasteiger partial charge in [0.1, 0.15) is 12.1 Å². The molecular formula is C17H21N3O6. The van der Waals surface area contributed by atoms with Gasteiger partial charge in [-0.1, -0.05) is 6.42 Å². The van der Waals surface area contributed by atoms with Gasteiger partial charge in [0.25, 0.3) is 11.7 Å². The van der Waals surface area contributed by atoms with Crippen molar-refractivity contribution < 1.29 is 24.0 Å². The lowest BCUT2D eigenvalue weighted by atomic mass is 9.98. The number of rotatable bonds is 4. The summed E-state index contributed by atoms with van der Waals surface area (Å²) in [5.41, 5.74) is 0. The molecule has 0 spiro atoms. The summed E-state index contributed by atoms with van der Waals surface area (Å²) in [4.78, 5) is 40.6. The molecule has 2 aliphatic rings. The van der Waals surface area contributed by atoms with Crippen LogP contribution in [0.25, 0.3) is 0 Å². The normalized spacial score (nSPS) is 21.5. The highest BCUT2D eigenvalue weighted by Crippen LogP contribution is 2.35. The number of nitrogens with zero attached hydrogens (tertiary/aromatic N) is 3. The van der Waals surface area contributed by atoms with Gasteiger partial charge in [0, 0.05) is 6.07 Å². The molecule has 1 aromatic heterocycles. The van der Waals surface area contributed by atoms with Crippen LogP contribution in [0, 0.1) is 10.1 Å². The Hall–Kier alpha value is -2.71. The second-order valence-corrected chi connectivity index (χ2v) is 6.59. The molecule has 0 aromatic carbocycles. The van der Waals surface area contributed by atoms with Crippen LogP contribution in [0.1, 0.15) is 46.0 Å². The molecule has 9 nitrogen and oxygen atoms in total. The molecule has 0 radical (unpaired) electrons. The number of pyridine rings is 1. The van der Waals surface area contributed by atoms with Crippen LogP contribution in [0.15, 0.2) is 12.1 Å². The number of hydrogen-bond donors (Lipinski definition) is 0. The molecule has 1 fully saturated rings. The first-order valence-electron chi connectivity index (χ1n) is 8.74. The molecule has 2 unspecified atom stereocenters. The van der Waals surface area contributed by atoms with Gasteiger partial charge in [-0.3, -0.25) is 9.69 Å². The Labute approximate surface area is 150 Å². The zero-order valence-electron chi connectivity index (χ0n) is 14.7. The van der Waals surface area contributed by atoms with Crippen LogP contribution >= 0.6 is 0 Å². The van der Waals surface area contributed by atoms with Gasteiger partial charge in [-0.2, -0.15) is 0 Å². The smallest absolute Gasteiger partial charge is 0.366 e. The van der Waals surface area contributed by atoms with E-state index in [9.17, 15) is 19.7 Å². The van der Waals surface area contributed by atoms with Gasteiger partial charge in [0.15, 0.2) is 11.9 Å². The third-order valence-corrected chi connectivity index (χ3v) is 4.69. The number of aromatic nitrogens is 1. The molecule has 0 bridgehead atoms. The monoisotopic (exact) mass is 363 g/mol. The Morgan fingerprint density at radius 2 is 2.08 bits per heavy atom. The summed E-state index contributed by atoms with van der Waals surface area (Å²) < 4.78 is 11.0. The van der Waals surface area contributed by atoms with Crippen molar-refractivity contribution in [2.24, 2.45) is 0 Å². The Morgan fingerprint density at radius 1 is 1.38 bits per heavy atom. The van der Waals surface area contributed by atoms with Gasteiger partial charge < -0.3 is 19.6 Å². The van der Waals surface area contributed by atoms with Crippen molar-refractivity contribution in [2.75, 3.05) is 4.90 Å². The van der Waals surface area contributed by atoms with Crippen LogP contribution in [0.4, 0.5) is 11.6 Å². The summed E-state index contributed by atoms with van der Waals surface area (Å²) >= 11 is 0. The van der Waals surface area contributed by atoms with E-state index < -0.39 is 34.8 Å². The van der Waals surface area contributed by atoms with Gasteiger partial charge in [-0.05, 0) is 55.5 Å². The second-order valence-electron chi connectivity index (χ2n) is 6.59. The van der Waals surface area contributed by atoms with Gasteiger partial charge >= 0.3 is 11.8 Å². The highest BCUT2D eigenvalue weighted by atomic mass is 16.6. The number of ether oxygens (including phenoxy) is 2. The van der Waals surface area contributed by atoms with E-state index in [1.54, 1.807) is 6.92 Å². The fraction of sp³-hybridized carbons (Fsp3) is 0.588. The molecular weight excluding hydrogens is 342 g/mol.